The number of rotatable bonds is 7. The summed E-state index contributed by atoms with van der Waals surface area (Å²) in [5.41, 5.74) is 7.42. The van der Waals surface area contributed by atoms with Crippen molar-refractivity contribution in [3.8, 4) is 6.07 Å². The molecule has 0 saturated heterocycles. The van der Waals surface area contributed by atoms with E-state index in [4.69, 9.17) is 11.0 Å². The van der Waals surface area contributed by atoms with E-state index in [0.29, 0.717) is 25.3 Å². The van der Waals surface area contributed by atoms with Gasteiger partial charge in [0.15, 0.2) is 0 Å². The number of carbonyl (C=O) groups excluding carboxylic acids is 1. The largest absolute Gasteiger partial charge is 0.330 e. The third-order valence-corrected chi connectivity index (χ3v) is 3.13. The maximum Gasteiger partial charge on any atom is 0.224 e. The molecule has 0 saturated carbocycles. The molecule has 4 heteroatoms. The second kappa shape index (κ2) is 8.34. The molecule has 1 amide bonds. The van der Waals surface area contributed by atoms with Crippen LogP contribution in [0.4, 0.5) is 5.69 Å². The zero-order chi connectivity index (χ0) is 15.0. The van der Waals surface area contributed by atoms with Crippen LogP contribution in [0.25, 0.3) is 0 Å². The van der Waals surface area contributed by atoms with Gasteiger partial charge in [-0.2, -0.15) is 5.26 Å². The summed E-state index contributed by atoms with van der Waals surface area (Å²) in [6.07, 6.45) is 1.80. The van der Waals surface area contributed by atoms with Crippen molar-refractivity contribution < 1.29 is 4.79 Å². The summed E-state index contributed by atoms with van der Waals surface area (Å²) in [6, 6.07) is 9.45. The number of hydrogen-bond acceptors (Lipinski definition) is 3. The summed E-state index contributed by atoms with van der Waals surface area (Å²) >= 11 is 0. The normalized spacial score (nSPS) is 11.9. The second-order valence-electron chi connectivity index (χ2n) is 5.52. The average molecular weight is 273 g/mol. The van der Waals surface area contributed by atoms with E-state index in [0.717, 1.165) is 17.7 Å². The summed E-state index contributed by atoms with van der Waals surface area (Å²) in [6.45, 7) is 4.80. The van der Waals surface area contributed by atoms with Crippen LogP contribution in [0.2, 0.25) is 0 Å². The van der Waals surface area contributed by atoms with Crippen molar-refractivity contribution in [1.29, 1.82) is 5.26 Å². The zero-order valence-electron chi connectivity index (χ0n) is 12.2. The number of nitrogens with zero attached hydrogens (tertiary/aromatic N) is 1. The van der Waals surface area contributed by atoms with Gasteiger partial charge in [0, 0.05) is 12.1 Å². The molecular formula is C16H23N3O. The van der Waals surface area contributed by atoms with Crippen LogP contribution in [-0.4, -0.2) is 12.5 Å². The Hall–Kier alpha value is -1.86. The summed E-state index contributed by atoms with van der Waals surface area (Å²) in [5.74, 6) is 0.767. The third kappa shape index (κ3) is 5.85. The predicted molar refractivity (Wildman–Crippen MR) is 81.0 cm³/mol. The number of nitrogens with two attached hydrogens (primary N) is 1. The van der Waals surface area contributed by atoms with Crippen molar-refractivity contribution >= 4 is 11.6 Å². The molecule has 0 fully saturated rings. The average Bonchev–Trinajstić information content (AvgIpc) is 2.40. The number of nitrogens with one attached hydrogen (secondary N) is 1. The minimum absolute atomic E-state index is 0.00543. The number of carbonyl (C=O) groups is 1. The highest BCUT2D eigenvalue weighted by atomic mass is 16.1. The molecule has 0 bridgehead atoms. The third-order valence-electron chi connectivity index (χ3n) is 3.13. The summed E-state index contributed by atoms with van der Waals surface area (Å²) in [4.78, 5) is 12.0. The summed E-state index contributed by atoms with van der Waals surface area (Å²) in [7, 11) is 0. The molecular weight excluding hydrogens is 250 g/mol. The Morgan fingerprint density at radius 1 is 1.35 bits per heavy atom. The lowest BCUT2D eigenvalue weighted by molar-refractivity contribution is -0.117. The molecule has 108 valence electrons. The van der Waals surface area contributed by atoms with Crippen molar-refractivity contribution in [3.63, 3.8) is 0 Å². The molecule has 0 heterocycles. The van der Waals surface area contributed by atoms with Gasteiger partial charge in [-0.3, -0.25) is 4.79 Å². The van der Waals surface area contributed by atoms with Gasteiger partial charge in [0.05, 0.1) is 12.5 Å². The van der Waals surface area contributed by atoms with E-state index in [1.54, 1.807) is 0 Å². The van der Waals surface area contributed by atoms with Crippen LogP contribution in [0.15, 0.2) is 24.3 Å². The Balaban J connectivity index is 2.51. The molecule has 1 aromatic carbocycles. The van der Waals surface area contributed by atoms with Gasteiger partial charge in [0.25, 0.3) is 0 Å². The van der Waals surface area contributed by atoms with Crippen LogP contribution >= 0.6 is 0 Å². The van der Waals surface area contributed by atoms with E-state index in [1.165, 1.54) is 0 Å². The molecule has 0 aromatic heterocycles. The first-order chi connectivity index (χ1) is 9.55. The van der Waals surface area contributed by atoms with Gasteiger partial charge in [-0.25, -0.2) is 0 Å². The van der Waals surface area contributed by atoms with Crippen LogP contribution < -0.4 is 11.1 Å². The van der Waals surface area contributed by atoms with Gasteiger partial charge >= 0.3 is 0 Å². The number of amides is 1. The molecule has 0 aliphatic carbocycles. The van der Waals surface area contributed by atoms with Gasteiger partial charge in [-0.1, -0.05) is 26.0 Å². The minimum atomic E-state index is -0.00543. The lowest BCUT2D eigenvalue weighted by Crippen LogP contribution is -2.23. The highest BCUT2D eigenvalue weighted by Crippen LogP contribution is 2.16. The first kappa shape index (κ1) is 16.2. The molecule has 1 aromatic rings. The lowest BCUT2D eigenvalue weighted by atomic mass is 9.94. The predicted octanol–water partition coefficient (Wildman–Crippen LogP) is 2.70. The second-order valence-corrected chi connectivity index (χ2v) is 5.52. The smallest absolute Gasteiger partial charge is 0.224 e. The molecule has 20 heavy (non-hydrogen) atoms. The first-order valence-corrected chi connectivity index (χ1v) is 7.01. The topological polar surface area (TPSA) is 78.9 Å². The van der Waals surface area contributed by atoms with Crippen LogP contribution in [0.5, 0.6) is 0 Å². The fraction of sp³-hybridized carbons (Fsp3) is 0.500. The Morgan fingerprint density at radius 2 is 2.00 bits per heavy atom. The minimum Gasteiger partial charge on any atom is -0.330 e. The Labute approximate surface area is 121 Å². The van der Waals surface area contributed by atoms with E-state index in [1.807, 2.05) is 24.3 Å². The SMILES string of the molecule is CC(C)CC(CN)CC(=O)Nc1ccc(CC#N)cc1. The zero-order valence-corrected chi connectivity index (χ0v) is 12.2. The van der Waals surface area contributed by atoms with Crippen LogP contribution in [-0.2, 0) is 11.2 Å². The van der Waals surface area contributed by atoms with E-state index >= 15 is 0 Å². The van der Waals surface area contributed by atoms with Crippen LogP contribution in [0, 0.1) is 23.2 Å². The molecule has 0 spiro atoms. The van der Waals surface area contributed by atoms with Crippen molar-refractivity contribution in [2.45, 2.75) is 33.1 Å². The number of anilines is 1. The van der Waals surface area contributed by atoms with Gasteiger partial charge in [-0.15, -0.1) is 0 Å². The molecule has 3 N–H and O–H groups in total. The van der Waals surface area contributed by atoms with Crippen LogP contribution in [0.1, 0.15) is 32.3 Å². The lowest BCUT2D eigenvalue weighted by Gasteiger charge is -2.16. The fourth-order valence-corrected chi connectivity index (χ4v) is 2.20. The number of benzene rings is 1. The molecule has 1 atom stereocenters. The van der Waals surface area contributed by atoms with Gasteiger partial charge in [0.2, 0.25) is 5.91 Å². The molecule has 0 aliphatic heterocycles. The fourth-order valence-electron chi connectivity index (χ4n) is 2.20. The molecule has 1 rings (SSSR count). The van der Waals surface area contributed by atoms with Crippen molar-refractivity contribution in [3.05, 3.63) is 29.8 Å². The van der Waals surface area contributed by atoms with Gasteiger partial charge < -0.3 is 11.1 Å². The highest BCUT2D eigenvalue weighted by Gasteiger charge is 2.14. The van der Waals surface area contributed by atoms with Crippen LogP contribution in [0.3, 0.4) is 0 Å². The van der Waals surface area contributed by atoms with Gasteiger partial charge in [-0.05, 0) is 42.5 Å². The van der Waals surface area contributed by atoms with Gasteiger partial charge in [0.1, 0.15) is 0 Å². The van der Waals surface area contributed by atoms with E-state index in [2.05, 4.69) is 25.2 Å². The van der Waals surface area contributed by atoms with Crippen molar-refractivity contribution in [2.24, 2.45) is 17.6 Å². The Kier molecular flexibility index (Phi) is 6.75. The van der Waals surface area contributed by atoms with E-state index in [-0.39, 0.29) is 11.8 Å². The Bertz CT molecular complexity index is 460. The summed E-state index contributed by atoms with van der Waals surface area (Å²) < 4.78 is 0. The quantitative estimate of drug-likeness (QED) is 0.801. The van der Waals surface area contributed by atoms with Crippen molar-refractivity contribution in [1.82, 2.24) is 0 Å². The summed E-state index contributed by atoms with van der Waals surface area (Å²) in [5, 5.41) is 11.5. The molecule has 0 radical (unpaired) electrons. The maximum atomic E-state index is 12.0. The number of nitriles is 1. The maximum absolute atomic E-state index is 12.0. The molecule has 0 aliphatic rings. The van der Waals surface area contributed by atoms with E-state index in [9.17, 15) is 4.79 Å². The highest BCUT2D eigenvalue weighted by molar-refractivity contribution is 5.90. The molecule has 1 unspecified atom stereocenters. The molecule has 4 nitrogen and oxygen atoms in total. The monoisotopic (exact) mass is 273 g/mol. The Morgan fingerprint density at radius 3 is 2.50 bits per heavy atom. The van der Waals surface area contributed by atoms with Crippen molar-refractivity contribution in [2.75, 3.05) is 11.9 Å². The standard InChI is InChI=1S/C16H23N3O/c1-12(2)9-14(11-18)10-16(20)19-15-5-3-13(4-6-15)7-8-17/h3-6,12,14H,7,9-11,18H2,1-2H3,(H,19,20). The van der Waals surface area contributed by atoms with E-state index < -0.39 is 0 Å². The first-order valence-electron chi connectivity index (χ1n) is 7.01. The number of hydrogen-bond donors (Lipinski definition) is 2.